The van der Waals surface area contributed by atoms with Crippen molar-refractivity contribution in [1.82, 2.24) is 4.90 Å². The molecule has 3 amide bonds. The summed E-state index contributed by atoms with van der Waals surface area (Å²) in [7, 11) is 0. The van der Waals surface area contributed by atoms with Crippen LogP contribution in [0.5, 0.6) is 0 Å². The highest BCUT2D eigenvalue weighted by Gasteiger charge is 2.33. The summed E-state index contributed by atoms with van der Waals surface area (Å²) in [5, 5.41) is 0. The first-order valence-electron chi connectivity index (χ1n) is 3.62. The fraction of sp³-hybridized carbons (Fsp3) is 0.286. The molecule has 0 radical (unpaired) electrons. The van der Waals surface area contributed by atoms with Crippen molar-refractivity contribution in [2.45, 2.75) is 6.04 Å². The molecule has 0 saturated carbocycles. The summed E-state index contributed by atoms with van der Waals surface area (Å²) < 4.78 is 0. The number of hydrogen-bond acceptors (Lipinski definition) is 4. The van der Waals surface area contributed by atoms with Gasteiger partial charge in [-0.3, -0.25) is 19.3 Å². The van der Waals surface area contributed by atoms with Gasteiger partial charge in [0.1, 0.15) is 6.04 Å². The Labute approximate surface area is 74.2 Å². The summed E-state index contributed by atoms with van der Waals surface area (Å²) in [6, 6.07) is -1.05. The summed E-state index contributed by atoms with van der Waals surface area (Å²) >= 11 is 0. The van der Waals surface area contributed by atoms with Gasteiger partial charge in [0.15, 0.2) is 0 Å². The van der Waals surface area contributed by atoms with Gasteiger partial charge in [0.2, 0.25) is 5.91 Å². The molecule has 6 heteroatoms. The largest absolute Gasteiger partial charge is 0.368 e. The van der Waals surface area contributed by atoms with Gasteiger partial charge in [-0.25, -0.2) is 0 Å². The number of imide groups is 1. The number of amides is 3. The van der Waals surface area contributed by atoms with Crippen LogP contribution in [-0.2, 0) is 14.4 Å². The topological polar surface area (TPSA) is 106 Å². The number of carbonyl (C=O) groups is 3. The van der Waals surface area contributed by atoms with E-state index in [9.17, 15) is 14.4 Å². The quantitative estimate of drug-likeness (QED) is 0.481. The first kappa shape index (κ1) is 9.40. The van der Waals surface area contributed by atoms with Gasteiger partial charge in [0.25, 0.3) is 11.8 Å². The van der Waals surface area contributed by atoms with Crippen LogP contribution in [0.2, 0.25) is 0 Å². The lowest BCUT2D eigenvalue weighted by Crippen LogP contribution is -2.51. The number of rotatable bonds is 3. The van der Waals surface area contributed by atoms with Gasteiger partial charge in [0.05, 0.1) is 0 Å². The summed E-state index contributed by atoms with van der Waals surface area (Å²) in [5.74, 6) is -1.90. The molecule has 70 valence electrons. The monoisotopic (exact) mass is 183 g/mol. The van der Waals surface area contributed by atoms with Crippen LogP contribution in [0.15, 0.2) is 12.2 Å². The number of hydrogen-bond donors (Lipinski definition) is 2. The van der Waals surface area contributed by atoms with Crippen LogP contribution in [-0.4, -0.2) is 35.2 Å². The molecule has 0 aromatic carbocycles. The van der Waals surface area contributed by atoms with Crippen molar-refractivity contribution >= 4 is 17.7 Å². The van der Waals surface area contributed by atoms with E-state index in [1.807, 2.05) is 0 Å². The van der Waals surface area contributed by atoms with Gasteiger partial charge < -0.3 is 11.5 Å². The maximum atomic E-state index is 11.0. The second kappa shape index (κ2) is 3.36. The zero-order chi connectivity index (χ0) is 10.0. The smallest absolute Gasteiger partial charge is 0.254 e. The van der Waals surface area contributed by atoms with Crippen molar-refractivity contribution in [3.63, 3.8) is 0 Å². The van der Waals surface area contributed by atoms with E-state index in [0.717, 1.165) is 17.1 Å². The molecule has 1 aliphatic rings. The predicted molar refractivity (Wildman–Crippen MR) is 43.0 cm³/mol. The van der Waals surface area contributed by atoms with Gasteiger partial charge in [-0.2, -0.15) is 0 Å². The van der Waals surface area contributed by atoms with Crippen LogP contribution in [0.4, 0.5) is 0 Å². The third-order valence-corrected chi connectivity index (χ3v) is 1.71. The van der Waals surface area contributed by atoms with Crippen LogP contribution in [0.25, 0.3) is 0 Å². The van der Waals surface area contributed by atoms with Crippen molar-refractivity contribution in [3.05, 3.63) is 12.2 Å². The fourth-order valence-electron chi connectivity index (χ4n) is 1.07. The lowest BCUT2D eigenvalue weighted by Gasteiger charge is -2.21. The molecule has 1 rings (SSSR count). The van der Waals surface area contributed by atoms with Crippen molar-refractivity contribution in [2.75, 3.05) is 6.54 Å². The lowest BCUT2D eigenvalue weighted by molar-refractivity contribution is -0.144. The maximum absolute atomic E-state index is 11.0. The molecule has 0 saturated heterocycles. The van der Waals surface area contributed by atoms with Gasteiger partial charge in [-0.15, -0.1) is 0 Å². The summed E-state index contributed by atoms with van der Waals surface area (Å²) in [6.07, 6.45) is 2.15. The first-order chi connectivity index (χ1) is 6.07. The molecule has 0 aromatic rings. The molecule has 13 heavy (non-hydrogen) atoms. The molecule has 0 fully saturated rings. The molecular weight excluding hydrogens is 174 g/mol. The Bertz CT molecular complexity index is 279. The average Bonchev–Trinajstić information content (AvgIpc) is 2.36. The minimum atomic E-state index is -1.05. The van der Waals surface area contributed by atoms with E-state index in [1.54, 1.807) is 0 Å². The normalized spacial score (nSPS) is 18.1. The standard InChI is InChI=1S/C7H9N3O3/c8-3-4(7(9)13)10-5(11)1-2-6(10)12/h1-2,4H,3,8H2,(H2,9,13)/t4-/m0/s1. The van der Waals surface area contributed by atoms with E-state index in [2.05, 4.69) is 0 Å². The Morgan fingerprint density at radius 2 is 1.85 bits per heavy atom. The molecule has 0 unspecified atom stereocenters. The minimum Gasteiger partial charge on any atom is -0.368 e. The van der Waals surface area contributed by atoms with E-state index >= 15 is 0 Å². The van der Waals surface area contributed by atoms with Crippen molar-refractivity contribution in [2.24, 2.45) is 11.5 Å². The molecular formula is C7H9N3O3. The summed E-state index contributed by atoms with van der Waals surface area (Å²) in [6.45, 7) is -0.158. The SMILES string of the molecule is NC[C@@H](C(N)=O)N1C(=O)C=CC1=O. The van der Waals surface area contributed by atoms with Crippen molar-refractivity contribution in [3.8, 4) is 0 Å². The highest BCUT2D eigenvalue weighted by atomic mass is 16.2. The maximum Gasteiger partial charge on any atom is 0.254 e. The highest BCUT2D eigenvalue weighted by Crippen LogP contribution is 2.07. The van der Waals surface area contributed by atoms with E-state index in [0.29, 0.717) is 0 Å². The molecule has 0 aliphatic carbocycles. The molecule has 6 nitrogen and oxygen atoms in total. The molecule has 1 heterocycles. The molecule has 1 aliphatic heterocycles. The Morgan fingerprint density at radius 1 is 1.38 bits per heavy atom. The first-order valence-corrected chi connectivity index (χ1v) is 3.62. The van der Waals surface area contributed by atoms with Crippen molar-refractivity contribution in [1.29, 1.82) is 0 Å². The minimum absolute atomic E-state index is 0.158. The van der Waals surface area contributed by atoms with Gasteiger partial charge in [-0.05, 0) is 0 Å². The van der Waals surface area contributed by atoms with E-state index in [4.69, 9.17) is 11.5 Å². The summed E-state index contributed by atoms with van der Waals surface area (Å²) in [4.78, 5) is 33.6. The van der Waals surface area contributed by atoms with Crippen molar-refractivity contribution < 1.29 is 14.4 Å². The Balaban J connectivity index is 2.87. The van der Waals surface area contributed by atoms with Crippen LogP contribution in [0.3, 0.4) is 0 Å². The van der Waals surface area contributed by atoms with Gasteiger partial charge in [-0.1, -0.05) is 0 Å². The molecule has 0 bridgehead atoms. The fourth-order valence-corrected chi connectivity index (χ4v) is 1.07. The van der Waals surface area contributed by atoms with Crippen LogP contribution < -0.4 is 11.5 Å². The lowest BCUT2D eigenvalue weighted by atomic mass is 10.2. The second-order valence-electron chi connectivity index (χ2n) is 2.53. The number of nitrogens with two attached hydrogens (primary N) is 2. The number of nitrogens with zero attached hydrogens (tertiary/aromatic N) is 1. The zero-order valence-corrected chi connectivity index (χ0v) is 6.77. The Kier molecular flexibility index (Phi) is 2.43. The number of primary amides is 1. The molecule has 1 atom stereocenters. The highest BCUT2D eigenvalue weighted by molar-refractivity contribution is 6.15. The Morgan fingerprint density at radius 3 is 2.15 bits per heavy atom. The van der Waals surface area contributed by atoms with Gasteiger partial charge in [0, 0.05) is 18.7 Å². The average molecular weight is 183 g/mol. The Hall–Kier alpha value is -1.69. The third-order valence-electron chi connectivity index (χ3n) is 1.71. The van der Waals surface area contributed by atoms with Crippen LogP contribution >= 0.6 is 0 Å². The second-order valence-corrected chi connectivity index (χ2v) is 2.53. The van der Waals surface area contributed by atoms with Crippen LogP contribution in [0, 0.1) is 0 Å². The molecule has 0 spiro atoms. The molecule has 4 N–H and O–H groups in total. The van der Waals surface area contributed by atoms with E-state index in [1.165, 1.54) is 0 Å². The van der Waals surface area contributed by atoms with E-state index < -0.39 is 23.8 Å². The zero-order valence-electron chi connectivity index (χ0n) is 6.77. The third kappa shape index (κ3) is 1.57. The van der Waals surface area contributed by atoms with Crippen LogP contribution in [0.1, 0.15) is 0 Å². The predicted octanol–water partition coefficient (Wildman–Crippen LogP) is -2.28. The number of carbonyl (C=O) groups excluding carboxylic acids is 3. The summed E-state index contributed by atoms with van der Waals surface area (Å²) in [5.41, 5.74) is 10.2. The van der Waals surface area contributed by atoms with E-state index in [-0.39, 0.29) is 6.54 Å². The molecule has 0 aromatic heterocycles. The van der Waals surface area contributed by atoms with Gasteiger partial charge >= 0.3 is 0 Å².